The number of amides is 1. The second-order valence-electron chi connectivity index (χ2n) is 7.76. The highest BCUT2D eigenvalue weighted by Crippen LogP contribution is 2.23. The summed E-state index contributed by atoms with van der Waals surface area (Å²) < 4.78 is 0. The Labute approximate surface area is 182 Å². The summed E-state index contributed by atoms with van der Waals surface area (Å²) in [5.41, 5.74) is 3.95. The average molecular weight is 420 g/mol. The van der Waals surface area contributed by atoms with Crippen molar-refractivity contribution >= 4 is 40.0 Å². The van der Waals surface area contributed by atoms with Crippen molar-refractivity contribution in [3.63, 3.8) is 0 Å². The lowest BCUT2D eigenvalue weighted by Crippen LogP contribution is -2.48. The van der Waals surface area contributed by atoms with Gasteiger partial charge in [0.05, 0.1) is 11.4 Å². The van der Waals surface area contributed by atoms with E-state index in [1.165, 1.54) is 0 Å². The first-order valence-electron chi connectivity index (χ1n) is 10.9. The molecule has 2 aromatic heterocycles. The fourth-order valence-corrected chi connectivity index (χ4v) is 3.92. The number of rotatable bonds is 7. The molecule has 3 N–H and O–H groups in total. The molecule has 31 heavy (non-hydrogen) atoms. The maximum absolute atomic E-state index is 11.9. The summed E-state index contributed by atoms with van der Waals surface area (Å²) in [5, 5.41) is 12.5. The van der Waals surface area contributed by atoms with Crippen LogP contribution in [0.2, 0.25) is 0 Å². The van der Waals surface area contributed by atoms with Gasteiger partial charge in [-0.3, -0.25) is 4.79 Å². The van der Waals surface area contributed by atoms with Crippen LogP contribution in [0.25, 0.3) is 11.0 Å². The van der Waals surface area contributed by atoms with Gasteiger partial charge in [-0.15, -0.1) is 0 Å². The largest absolute Gasteiger partial charge is 0.368 e. The van der Waals surface area contributed by atoms with Crippen LogP contribution in [-0.2, 0) is 4.79 Å². The third kappa shape index (κ3) is 4.52. The normalized spacial score (nSPS) is 14.1. The van der Waals surface area contributed by atoms with E-state index in [1.807, 2.05) is 36.2 Å². The molecule has 1 aliphatic rings. The SMILES string of the molecule is CCCC(=N)c1nc(Nc2ccc(N3CCN(C(=O)CC)CC3)cc2)nc2[nH]ccc12. The number of aromatic nitrogens is 3. The third-order valence-corrected chi connectivity index (χ3v) is 5.62. The molecule has 0 aliphatic carbocycles. The second kappa shape index (κ2) is 9.16. The van der Waals surface area contributed by atoms with Crippen molar-refractivity contribution in [2.45, 2.75) is 33.1 Å². The molecule has 162 valence electrons. The first kappa shape index (κ1) is 20.8. The Balaban J connectivity index is 1.46. The van der Waals surface area contributed by atoms with E-state index < -0.39 is 0 Å². The van der Waals surface area contributed by atoms with Crippen molar-refractivity contribution in [2.75, 3.05) is 36.4 Å². The lowest BCUT2D eigenvalue weighted by Gasteiger charge is -2.36. The molecular weight excluding hydrogens is 390 g/mol. The van der Waals surface area contributed by atoms with Gasteiger partial charge in [0.15, 0.2) is 0 Å². The fraction of sp³-hybridized carbons (Fsp3) is 0.391. The molecular formula is C23H29N7O. The molecule has 0 spiro atoms. The molecule has 8 nitrogen and oxygen atoms in total. The van der Waals surface area contributed by atoms with E-state index in [0.717, 1.165) is 55.0 Å². The van der Waals surface area contributed by atoms with Gasteiger partial charge in [-0.2, -0.15) is 4.98 Å². The number of fused-ring (bicyclic) bond motifs is 1. The molecule has 0 radical (unpaired) electrons. The number of H-pyrrole nitrogens is 1. The van der Waals surface area contributed by atoms with Crippen LogP contribution in [0, 0.1) is 5.41 Å². The highest BCUT2D eigenvalue weighted by atomic mass is 16.2. The van der Waals surface area contributed by atoms with E-state index in [-0.39, 0.29) is 5.91 Å². The molecule has 0 atom stereocenters. The summed E-state index contributed by atoms with van der Waals surface area (Å²) in [6, 6.07) is 10.1. The summed E-state index contributed by atoms with van der Waals surface area (Å²) in [4.78, 5) is 28.4. The molecule has 1 aromatic carbocycles. The molecule has 1 aliphatic heterocycles. The van der Waals surface area contributed by atoms with E-state index in [9.17, 15) is 4.79 Å². The van der Waals surface area contributed by atoms with E-state index in [2.05, 4.69) is 44.2 Å². The molecule has 0 unspecified atom stereocenters. The highest BCUT2D eigenvalue weighted by Gasteiger charge is 2.20. The van der Waals surface area contributed by atoms with E-state index in [1.54, 1.807) is 0 Å². The first-order chi connectivity index (χ1) is 15.1. The lowest BCUT2D eigenvalue weighted by molar-refractivity contribution is -0.131. The van der Waals surface area contributed by atoms with Crippen LogP contribution < -0.4 is 10.2 Å². The summed E-state index contributed by atoms with van der Waals surface area (Å²) in [6.07, 6.45) is 3.98. The van der Waals surface area contributed by atoms with Gasteiger partial charge in [0.25, 0.3) is 0 Å². The van der Waals surface area contributed by atoms with Gasteiger partial charge < -0.3 is 25.5 Å². The van der Waals surface area contributed by atoms with E-state index in [0.29, 0.717) is 30.2 Å². The molecule has 3 aromatic rings. The third-order valence-electron chi connectivity index (χ3n) is 5.62. The molecule has 1 amide bonds. The van der Waals surface area contributed by atoms with Crippen LogP contribution in [0.5, 0.6) is 0 Å². The Morgan fingerprint density at radius 1 is 1.10 bits per heavy atom. The number of hydrogen-bond acceptors (Lipinski definition) is 6. The number of benzene rings is 1. The minimum Gasteiger partial charge on any atom is -0.368 e. The summed E-state index contributed by atoms with van der Waals surface area (Å²) in [5.74, 6) is 0.704. The first-order valence-corrected chi connectivity index (χ1v) is 10.9. The zero-order chi connectivity index (χ0) is 21.8. The Morgan fingerprint density at radius 3 is 2.52 bits per heavy atom. The quantitative estimate of drug-likeness (QED) is 0.504. The molecule has 0 bridgehead atoms. The number of nitrogens with one attached hydrogen (secondary N) is 3. The maximum atomic E-state index is 11.9. The van der Waals surface area contributed by atoms with Crippen LogP contribution in [0.3, 0.4) is 0 Å². The zero-order valence-electron chi connectivity index (χ0n) is 18.1. The van der Waals surface area contributed by atoms with Crippen molar-refractivity contribution < 1.29 is 4.79 Å². The van der Waals surface area contributed by atoms with Gasteiger partial charge in [0, 0.05) is 55.6 Å². The minimum atomic E-state index is 0.227. The van der Waals surface area contributed by atoms with Gasteiger partial charge in [-0.1, -0.05) is 20.3 Å². The van der Waals surface area contributed by atoms with Crippen molar-refractivity contribution in [1.29, 1.82) is 5.41 Å². The number of piperazine rings is 1. The number of aromatic amines is 1. The van der Waals surface area contributed by atoms with Gasteiger partial charge in [-0.25, -0.2) is 4.98 Å². The fourth-order valence-electron chi connectivity index (χ4n) is 3.92. The van der Waals surface area contributed by atoms with Crippen molar-refractivity contribution in [2.24, 2.45) is 0 Å². The van der Waals surface area contributed by atoms with Crippen LogP contribution in [-0.4, -0.2) is 57.6 Å². The Hall–Kier alpha value is -3.42. The monoisotopic (exact) mass is 419 g/mol. The van der Waals surface area contributed by atoms with E-state index >= 15 is 0 Å². The number of anilines is 3. The number of carbonyl (C=O) groups excluding carboxylic acids is 1. The van der Waals surface area contributed by atoms with Crippen molar-refractivity contribution in [3.05, 3.63) is 42.2 Å². The number of nitrogens with zero attached hydrogens (tertiary/aromatic N) is 4. The van der Waals surface area contributed by atoms with Crippen LogP contribution in [0.15, 0.2) is 36.5 Å². The zero-order valence-corrected chi connectivity index (χ0v) is 18.1. The Bertz CT molecular complexity index is 1070. The smallest absolute Gasteiger partial charge is 0.229 e. The molecule has 4 rings (SSSR count). The summed E-state index contributed by atoms with van der Waals surface area (Å²) in [7, 11) is 0. The number of carbonyl (C=O) groups is 1. The lowest BCUT2D eigenvalue weighted by atomic mass is 10.1. The summed E-state index contributed by atoms with van der Waals surface area (Å²) in [6.45, 7) is 7.19. The predicted molar refractivity (Wildman–Crippen MR) is 124 cm³/mol. The topological polar surface area (TPSA) is 101 Å². The van der Waals surface area contributed by atoms with Gasteiger partial charge in [-0.05, 0) is 36.8 Å². The Morgan fingerprint density at radius 2 is 1.84 bits per heavy atom. The summed E-state index contributed by atoms with van der Waals surface area (Å²) >= 11 is 0. The van der Waals surface area contributed by atoms with Gasteiger partial charge in [0.2, 0.25) is 11.9 Å². The van der Waals surface area contributed by atoms with Crippen molar-refractivity contribution in [3.8, 4) is 0 Å². The van der Waals surface area contributed by atoms with Crippen molar-refractivity contribution in [1.82, 2.24) is 19.9 Å². The average Bonchev–Trinajstić information content (AvgIpc) is 3.27. The Kier molecular flexibility index (Phi) is 6.16. The predicted octanol–water partition coefficient (Wildman–Crippen LogP) is 3.93. The molecule has 1 fully saturated rings. The molecule has 1 saturated heterocycles. The van der Waals surface area contributed by atoms with Crippen LogP contribution >= 0.6 is 0 Å². The maximum Gasteiger partial charge on any atom is 0.229 e. The highest BCUT2D eigenvalue weighted by molar-refractivity contribution is 6.06. The number of hydrogen-bond donors (Lipinski definition) is 3. The van der Waals surface area contributed by atoms with Crippen LogP contribution in [0.4, 0.5) is 17.3 Å². The molecule has 0 saturated carbocycles. The standard InChI is InChI=1S/C23H29N7O/c1-3-5-19(24)21-18-10-11-25-22(18)28-23(27-21)26-16-6-8-17(9-7-16)29-12-14-30(15-13-29)20(31)4-2/h6-11,24H,3-5,12-15H2,1-2H3,(H2,25,26,27,28). The van der Waals surface area contributed by atoms with Gasteiger partial charge in [0.1, 0.15) is 5.65 Å². The molecule has 3 heterocycles. The second-order valence-corrected chi connectivity index (χ2v) is 7.76. The molecule has 8 heteroatoms. The minimum absolute atomic E-state index is 0.227. The van der Waals surface area contributed by atoms with Gasteiger partial charge >= 0.3 is 0 Å². The van der Waals surface area contributed by atoms with E-state index in [4.69, 9.17) is 5.41 Å². The van der Waals surface area contributed by atoms with Crippen LogP contribution in [0.1, 0.15) is 38.8 Å².